The molecule has 1 aromatic carbocycles. The Morgan fingerprint density at radius 1 is 1.37 bits per heavy atom. The summed E-state index contributed by atoms with van der Waals surface area (Å²) in [6.45, 7) is 2.11. The minimum absolute atomic E-state index is 0.220. The predicted octanol–water partition coefficient (Wildman–Crippen LogP) is 1.00. The number of urea groups is 1. The molecule has 1 aliphatic rings. The third-order valence-corrected chi connectivity index (χ3v) is 2.68. The highest BCUT2D eigenvalue weighted by Gasteiger charge is 2.24. The van der Waals surface area contributed by atoms with Crippen molar-refractivity contribution >= 4 is 17.6 Å². The molecule has 100 valence electrons. The monoisotopic (exact) mass is 260 g/mol. The van der Waals surface area contributed by atoms with Crippen molar-refractivity contribution in [3.63, 3.8) is 0 Å². The van der Waals surface area contributed by atoms with Crippen LogP contribution < -0.4 is 5.43 Å². The average Bonchev–Trinajstić information content (AvgIpc) is 2.36. The molecule has 0 atom stereocenters. The van der Waals surface area contributed by atoms with Gasteiger partial charge in [-0.3, -0.25) is 10.2 Å². The molecule has 0 spiro atoms. The van der Waals surface area contributed by atoms with Crippen LogP contribution in [0.1, 0.15) is 12.5 Å². The molecule has 1 N–H and O–H groups in total. The Bertz CT molecular complexity index is 513. The van der Waals surface area contributed by atoms with Gasteiger partial charge in [-0.05, 0) is 12.5 Å². The highest BCUT2D eigenvalue weighted by Crippen LogP contribution is 2.04. The maximum Gasteiger partial charge on any atom is 0.359 e. The van der Waals surface area contributed by atoms with Crippen molar-refractivity contribution in [1.82, 2.24) is 15.4 Å². The first kappa shape index (κ1) is 13.1. The number of nitrogens with one attached hydrogen (secondary N) is 1. The summed E-state index contributed by atoms with van der Waals surface area (Å²) in [5, 5.41) is 6.49. The Morgan fingerprint density at radius 3 is 2.74 bits per heavy atom. The van der Waals surface area contributed by atoms with Gasteiger partial charge in [0.05, 0.1) is 18.7 Å². The molecule has 1 heterocycles. The molecule has 0 fully saturated rings. The van der Waals surface area contributed by atoms with Crippen molar-refractivity contribution in [2.45, 2.75) is 13.3 Å². The van der Waals surface area contributed by atoms with Crippen LogP contribution in [0, 0.1) is 0 Å². The molecule has 19 heavy (non-hydrogen) atoms. The van der Waals surface area contributed by atoms with Gasteiger partial charge in [-0.25, -0.2) is 14.8 Å². The number of carbonyl (C=O) groups excluding carboxylic acids is 2. The molecule has 3 amide bonds. The van der Waals surface area contributed by atoms with Crippen LogP contribution in [0.2, 0.25) is 0 Å². The largest absolute Gasteiger partial charge is 0.359 e. The fourth-order valence-corrected chi connectivity index (χ4v) is 1.86. The Labute approximate surface area is 111 Å². The highest BCUT2D eigenvalue weighted by atomic mass is 16.2. The lowest BCUT2D eigenvalue weighted by molar-refractivity contribution is -0.124. The Hall–Kier alpha value is -2.37. The maximum absolute atomic E-state index is 11.9. The maximum atomic E-state index is 11.9. The topological polar surface area (TPSA) is 65.0 Å². The van der Waals surface area contributed by atoms with Gasteiger partial charge < -0.3 is 0 Å². The number of amides is 3. The molecule has 1 aromatic rings. The number of carbonyl (C=O) groups is 2. The van der Waals surface area contributed by atoms with Gasteiger partial charge in [0, 0.05) is 7.05 Å². The molecule has 0 unspecified atom stereocenters. The molecule has 6 nitrogen and oxygen atoms in total. The van der Waals surface area contributed by atoms with Crippen LogP contribution >= 0.6 is 0 Å². The van der Waals surface area contributed by atoms with Crippen LogP contribution in [0.15, 0.2) is 35.4 Å². The molecule has 0 saturated carbocycles. The number of nitrogens with zero attached hydrogens (tertiary/aromatic N) is 3. The number of benzene rings is 1. The van der Waals surface area contributed by atoms with Crippen molar-refractivity contribution in [3.05, 3.63) is 35.9 Å². The van der Waals surface area contributed by atoms with E-state index in [1.807, 2.05) is 30.3 Å². The van der Waals surface area contributed by atoms with Gasteiger partial charge in [0.15, 0.2) is 0 Å². The number of hydrogen-bond acceptors (Lipinski definition) is 3. The lowest BCUT2D eigenvalue weighted by Gasteiger charge is -2.30. The highest BCUT2D eigenvalue weighted by molar-refractivity contribution is 5.92. The standard InChI is InChI=1S/C13H16N4O2/c1-10-9-17(13(19)16(2)14-10)15-12(18)8-11-6-4-3-5-7-11/h3-7H,8-9H2,1-2H3,(H,15,18). The second-order valence-corrected chi connectivity index (χ2v) is 4.42. The van der Waals surface area contributed by atoms with Crippen LogP contribution in [0.3, 0.4) is 0 Å². The number of hydrogen-bond donors (Lipinski definition) is 1. The first-order chi connectivity index (χ1) is 9.06. The number of hydrazone groups is 1. The Balaban J connectivity index is 1.96. The van der Waals surface area contributed by atoms with Gasteiger partial charge in [0.1, 0.15) is 0 Å². The summed E-state index contributed by atoms with van der Waals surface area (Å²) in [5.41, 5.74) is 4.27. The third-order valence-electron chi connectivity index (χ3n) is 2.68. The summed E-state index contributed by atoms with van der Waals surface area (Å²) in [4.78, 5) is 23.7. The smallest absolute Gasteiger partial charge is 0.273 e. The van der Waals surface area contributed by atoms with Gasteiger partial charge in [0.25, 0.3) is 0 Å². The van der Waals surface area contributed by atoms with E-state index in [2.05, 4.69) is 10.5 Å². The lowest BCUT2D eigenvalue weighted by atomic mass is 10.1. The second-order valence-electron chi connectivity index (χ2n) is 4.42. The summed E-state index contributed by atoms with van der Waals surface area (Å²) in [7, 11) is 1.56. The summed E-state index contributed by atoms with van der Waals surface area (Å²) in [6.07, 6.45) is 0.241. The van der Waals surface area contributed by atoms with E-state index in [-0.39, 0.29) is 18.4 Å². The van der Waals surface area contributed by atoms with Crippen molar-refractivity contribution < 1.29 is 9.59 Å². The molecule has 6 heteroatoms. The molecular formula is C13H16N4O2. The summed E-state index contributed by atoms with van der Waals surface area (Å²) in [5.74, 6) is -0.220. The lowest BCUT2D eigenvalue weighted by Crippen LogP contribution is -2.54. The zero-order valence-electron chi connectivity index (χ0n) is 11.0. The van der Waals surface area contributed by atoms with E-state index in [9.17, 15) is 9.59 Å². The molecule has 0 bridgehead atoms. The van der Waals surface area contributed by atoms with Crippen LogP contribution in [0.4, 0.5) is 4.79 Å². The second kappa shape index (κ2) is 5.51. The van der Waals surface area contributed by atoms with E-state index in [4.69, 9.17) is 0 Å². The Morgan fingerprint density at radius 2 is 2.05 bits per heavy atom. The van der Waals surface area contributed by atoms with E-state index < -0.39 is 0 Å². The van der Waals surface area contributed by atoms with Gasteiger partial charge in [-0.2, -0.15) is 5.10 Å². The first-order valence-corrected chi connectivity index (χ1v) is 5.99. The van der Waals surface area contributed by atoms with Crippen molar-refractivity contribution in [1.29, 1.82) is 0 Å². The fraction of sp³-hybridized carbons (Fsp3) is 0.308. The molecule has 0 aromatic heterocycles. The zero-order valence-corrected chi connectivity index (χ0v) is 11.0. The van der Waals surface area contributed by atoms with Gasteiger partial charge in [-0.1, -0.05) is 30.3 Å². The van der Waals surface area contributed by atoms with Crippen LogP contribution in [0.5, 0.6) is 0 Å². The first-order valence-electron chi connectivity index (χ1n) is 5.99. The summed E-state index contributed by atoms with van der Waals surface area (Å²) < 4.78 is 0. The Kier molecular flexibility index (Phi) is 3.79. The van der Waals surface area contributed by atoms with E-state index in [1.165, 1.54) is 10.0 Å². The molecule has 0 radical (unpaired) electrons. The SMILES string of the molecule is CC1=NN(C)C(=O)N(NC(=O)Cc2ccccc2)C1. The van der Waals surface area contributed by atoms with Crippen LogP contribution in [-0.2, 0) is 11.2 Å². The molecular weight excluding hydrogens is 244 g/mol. The number of rotatable bonds is 3. The predicted molar refractivity (Wildman–Crippen MR) is 71.3 cm³/mol. The minimum atomic E-state index is -0.341. The van der Waals surface area contributed by atoms with Crippen molar-refractivity contribution in [3.8, 4) is 0 Å². The van der Waals surface area contributed by atoms with E-state index in [0.29, 0.717) is 6.54 Å². The number of hydrazine groups is 1. The van der Waals surface area contributed by atoms with Gasteiger partial charge in [0.2, 0.25) is 5.91 Å². The van der Waals surface area contributed by atoms with E-state index in [1.54, 1.807) is 14.0 Å². The summed E-state index contributed by atoms with van der Waals surface area (Å²) in [6, 6.07) is 9.04. The van der Waals surface area contributed by atoms with Crippen LogP contribution in [-0.4, -0.2) is 41.3 Å². The van der Waals surface area contributed by atoms with Gasteiger partial charge >= 0.3 is 6.03 Å². The molecule has 2 rings (SSSR count). The quantitative estimate of drug-likeness (QED) is 0.881. The summed E-state index contributed by atoms with van der Waals surface area (Å²) >= 11 is 0. The van der Waals surface area contributed by atoms with E-state index in [0.717, 1.165) is 11.3 Å². The third kappa shape index (κ3) is 3.31. The molecule has 0 aliphatic carbocycles. The van der Waals surface area contributed by atoms with Crippen molar-refractivity contribution in [2.75, 3.05) is 13.6 Å². The minimum Gasteiger partial charge on any atom is -0.273 e. The van der Waals surface area contributed by atoms with Crippen molar-refractivity contribution in [2.24, 2.45) is 5.10 Å². The molecule has 0 saturated heterocycles. The van der Waals surface area contributed by atoms with E-state index >= 15 is 0 Å². The average molecular weight is 260 g/mol. The normalized spacial score (nSPS) is 15.3. The van der Waals surface area contributed by atoms with Crippen LogP contribution in [0.25, 0.3) is 0 Å². The zero-order chi connectivity index (χ0) is 13.8. The fourth-order valence-electron chi connectivity index (χ4n) is 1.86. The molecule has 1 aliphatic heterocycles. The van der Waals surface area contributed by atoms with Gasteiger partial charge in [-0.15, -0.1) is 0 Å².